The van der Waals surface area contributed by atoms with Gasteiger partial charge in [-0.15, -0.1) is 0 Å². The van der Waals surface area contributed by atoms with E-state index >= 15 is 0 Å². The normalized spacial score (nSPS) is 16.6. The van der Waals surface area contributed by atoms with E-state index in [1.165, 1.54) is 10.9 Å². The van der Waals surface area contributed by atoms with Crippen LogP contribution >= 0.6 is 0 Å². The van der Waals surface area contributed by atoms with Gasteiger partial charge in [-0.25, -0.2) is 9.78 Å². The van der Waals surface area contributed by atoms with Crippen molar-refractivity contribution in [3.63, 3.8) is 0 Å². The van der Waals surface area contributed by atoms with Crippen LogP contribution in [0.3, 0.4) is 0 Å². The molecule has 0 unspecified atom stereocenters. The molecule has 7 heteroatoms. The van der Waals surface area contributed by atoms with E-state index in [0.717, 1.165) is 31.1 Å². The molecule has 1 aliphatic heterocycles. The minimum absolute atomic E-state index is 0.0161. The summed E-state index contributed by atoms with van der Waals surface area (Å²) < 4.78 is 6.73. The number of hydrogen-bond donors (Lipinski definition) is 0. The molecule has 1 fully saturated rings. The highest BCUT2D eigenvalue weighted by molar-refractivity contribution is 5.76. The topological polar surface area (TPSA) is 67.4 Å². The van der Waals surface area contributed by atoms with Crippen LogP contribution < -0.4 is 0 Å². The third-order valence-corrected chi connectivity index (χ3v) is 3.42. The third-order valence-electron chi connectivity index (χ3n) is 3.42. The van der Waals surface area contributed by atoms with Gasteiger partial charge in [-0.3, -0.25) is 9.47 Å². The maximum atomic E-state index is 12.1. The first-order valence-electron chi connectivity index (χ1n) is 6.64. The Bertz CT molecular complexity index is 569. The number of rotatable bonds is 2. The van der Waals surface area contributed by atoms with Gasteiger partial charge in [0.1, 0.15) is 6.33 Å². The van der Waals surface area contributed by atoms with Gasteiger partial charge in [0.15, 0.2) is 5.76 Å². The second kappa shape index (κ2) is 5.46. The molecule has 1 saturated heterocycles. The molecule has 0 N–H and O–H groups in total. The van der Waals surface area contributed by atoms with Gasteiger partial charge in [0, 0.05) is 44.6 Å². The van der Waals surface area contributed by atoms with E-state index in [2.05, 4.69) is 15.0 Å². The van der Waals surface area contributed by atoms with Crippen LogP contribution in [0.5, 0.6) is 0 Å². The third kappa shape index (κ3) is 2.72. The number of aromatic nitrogens is 3. The second-order valence-corrected chi connectivity index (χ2v) is 4.95. The summed E-state index contributed by atoms with van der Waals surface area (Å²) in [6, 6.07) is 1.93. The molecule has 0 radical (unpaired) electrons. The molecule has 1 amide bonds. The van der Waals surface area contributed by atoms with Gasteiger partial charge >= 0.3 is 6.03 Å². The van der Waals surface area contributed by atoms with Crippen LogP contribution in [0.1, 0.15) is 11.5 Å². The molecule has 0 saturated carbocycles. The van der Waals surface area contributed by atoms with Crippen molar-refractivity contribution in [2.24, 2.45) is 0 Å². The molecule has 0 bridgehead atoms. The van der Waals surface area contributed by atoms with Crippen LogP contribution in [-0.4, -0.2) is 56.7 Å². The van der Waals surface area contributed by atoms with Crippen molar-refractivity contribution in [1.29, 1.82) is 0 Å². The maximum Gasteiger partial charge on any atom is 0.329 e. The number of imidazole rings is 1. The van der Waals surface area contributed by atoms with Crippen LogP contribution in [0.25, 0.3) is 0 Å². The van der Waals surface area contributed by atoms with Crippen molar-refractivity contribution >= 4 is 6.03 Å². The fourth-order valence-electron chi connectivity index (χ4n) is 2.34. The van der Waals surface area contributed by atoms with Gasteiger partial charge in [-0.1, -0.05) is 5.16 Å². The summed E-state index contributed by atoms with van der Waals surface area (Å²) in [6.07, 6.45) is 4.82. The highest BCUT2D eigenvalue weighted by atomic mass is 16.5. The minimum Gasteiger partial charge on any atom is -0.360 e. The number of nitrogens with zero attached hydrogens (tertiary/aromatic N) is 5. The van der Waals surface area contributed by atoms with E-state index in [1.54, 1.807) is 12.4 Å². The number of carbonyl (C=O) groups excluding carboxylic acids is 1. The lowest BCUT2D eigenvalue weighted by atomic mass is 10.3. The number of piperazine rings is 1. The Morgan fingerprint density at radius 2 is 2.15 bits per heavy atom. The summed E-state index contributed by atoms with van der Waals surface area (Å²) in [7, 11) is 0. The van der Waals surface area contributed by atoms with Crippen molar-refractivity contribution < 1.29 is 9.32 Å². The van der Waals surface area contributed by atoms with Gasteiger partial charge < -0.3 is 9.42 Å². The first-order valence-corrected chi connectivity index (χ1v) is 6.64. The fraction of sp³-hybridized carbons (Fsp3) is 0.462. The molecule has 106 valence electrons. The maximum absolute atomic E-state index is 12.1. The number of amides is 1. The average Bonchev–Trinajstić information content (AvgIpc) is 3.11. The molecule has 7 nitrogen and oxygen atoms in total. The Morgan fingerprint density at radius 1 is 1.35 bits per heavy atom. The van der Waals surface area contributed by atoms with Crippen LogP contribution in [0.15, 0.2) is 29.3 Å². The van der Waals surface area contributed by atoms with E-state index in [1.807, 2.05) is 17.9 Å². The number of carbonyl (C=O) groups is 1. The van der Waals surface area contributed by atoms with Crippen LogP contribution in [0.2, 0.25) is 0 Å². The monoisotopic (exact) mass is 275 g/mol. The predicted octanol–water partition coefficient (Wildman–Crippen LogP) is 0.965. The van der Waals surface area contributed by atoms with E-state index < -0.39 is 0 Å². The zero-order chi connectivity index (χ0) is 13.9. The van der Waals surface area contributed by atoms with E-state index in [4.69, 9.17) is 4.52 Å². The lowest BCUT2D eigenvalue weighted by Crippen LogP contribution is -2.49. The highest BCUT2D eigenvalue weighted by Crippen LogP contribution is 2.10. The average molecular weight is 275 g/mol. The lowest BCUT2D eigenvalue weighted by Gasteiger charge is -2.33. The summed E-state index contributed by atoms with van der Waals surface area (Å²) in [5.74, 6) is 0.872. The first kappa shape index (κ1) is 12.9. The second-order valence-electron chi connectivity index (χ2n) is 4.95. The van der Waals surface area contributed by atoms with Gasteiger partial charge in [-0.2, -0.15) is 0 Å². The number of hydrogen-bond acceptors (Lipinski definition) is 5. The fourth-order valence-corrected chi connectivity index (χ4v) is 2.34. The smallest absolute Gasteiger partial charge is 0.329 e. The molecular formula is C13H17N5O2. The Balaban J connectivity index is 1.53. The van der Waals surface area contributed by atoms with Crippen molar-refractivity contribution in [2.45, 2.75) is 13.5 Å². The molecule has 1 aliphatic rings. The molecule has 0 spiro atoms. The molecule has 20 heavy (non-hydrogen) atoms. The summed E-state index contributed by atoms with van der Waals surface area (Å²) in [4.78, 5) is 20.1. The van der Waals surface area contributed by atoms with Gasteiger partial charge in [-0.05, 0) is 6.92 Å². The van der Waals surface area contributed by atoms with E-state index in [0.29, 0.717) is 13.1 Å². The van der Waals surface area contributed by atoms with Crippen LogP contribution in [-0.2, 0) is 6.54 Å². The summed E-state index contributed by atoms with van der Waals surface area (Å²) in [6.45, 7) is 5.75. The van der Waals surface area contributed by atoms with Gasteiger partial charge in [0.2, 0.25) is 0 Å². The largest absolute Gasteiger partial charge is 0.360 e. The molecule has 3 heterocycles. The summed E-state index contributed by atoms with van der Waals surface area (Å²) in [5.41, 5.74) is 0.897. The zero-order valence-corrected chi connectivity index (χ0v) is 11.4. The van der Waals surface area contributed by atoms with Crippen molar-refractivity contribution in [3.8, 4) is 0 Å². The van der Waals surface area contributed by atoms with E-state index in [-0.39, 0.29) is 6.03 Å². The summed E-state index contributed by atoms with van der Waals surface area (Å²) >= 11 is 0. The molecular weight excluding hydrogens is 258 g/mol. The quantitative estimate of drug-likeness (QED) is 0.817. The predicted molar refractivity (Wildman–Crippen MR) is 71.1 cm³/mol. The standard InChI is InChI=1S/C13H17N5O2/c1-11-8-12(20-15-11)9-16-4-6-17(7-5-16)13(19)18-3-2-14-10-18/h2-3,8,10H,4-7,9H2,1H3. The van der Waals surface area contributed by atoms with Crippen molar-refractivity contribution in [1.82, 2.24) is 24.5 Å². The zero-order valence-electron chi connectivity index (χ0n) is 11.4. The molecule has 2 aromatic heterocycles. The highest BCUT2D eigenvalue weighted by Gasteiger charge is 2.22. The molecule has 2 aromatic rings. The lowest BCUT2D eigenvalue weighted by molar-refractivity contribution is 0.128. The number of aryl methyl sites for hydroxylation is 1. The Labute approximate surface area is 116 Å². The molecule has 3 rings (SSSR count). The Morgan fingerprint density at radius 3 is 2.75 bits per heavy atom. The van der Waals surface area contributed by atoms with Gasteiger partial charge in [0.05, 0.1) is 12.2 Å². The molecule has 0 aliphatic carbocycles. The van der Waals surface area contributed by atoms with Crippen molar-refractivity contribution in [2.75, 3.05) is 26.2 Å². The van der Waals surface area contributed by atoms with Crippen LogP contribution in [0, 0.1) is 6.92 Å². The SMILES string of the molecule is Cc1cc(CN2CCN(C(=O)n3ccnc3)CC2)on1. The van der Waals surface area contributed by atoms with Crippen molar-refractivity contribution in [3.05, 3.63) is 36.2 Å². The Kier molecular flexibility index (Phi) is 3.51. The summed E-state index contributed by atoms with van der Waals surface area (Å²) in [5, 5.41) is 3.88. The first-order chi connectivity index (χ1) is 9.72. The minimum atomic E-state index is -0.0161. The molecule has 0 atom stereocenters. The van der Waals surface area contributed by atoms with Crippen LogP contribution in [0.4, 0.5) is 4.79 Å². The van der Waals surface area contributed by atoms with Gasteiger partial charge in [0.25, 0.3) is 0 Å². The molecule has 0 aromatic carbocycles. The Hall–Kier alpha value is -2.15. The van der Waals surface area contributed by atoms with E-state index in [9.17, 15) is 4.79 Å².